The van der Waals surface area contributed by atoms with E-state index in [9.17, 15) is 13.2 Å². The van der Waals surface area contributed by atoms with Crippen LogP contribution < -0.4 is 5.73 Å². The number of hydrogen-bond donors (Lipinski definition) is 1. The molecule has 1 aromatic rings. The van der Waals surface area contributed by atoms with Gasteiger partial charge in [0, 0.05) is 0 Å². The standard InChI is InChI=1S/C5H2F3N2/c6-2-1-3(7)5(9)10-4(2)8/h(H2,9,10). The Bertz CT molecular complexity index is 211. The van der Waals surface area contributed by atoms with Gasteiger partial charge < -0.3 is 5.73 Å². The zero-order valence-corrected chi connectivity index (χ0v) is 4.66. The average Bonchev–Trinajstić information content (AvgIpc) is 1.84. The van der Waals surface area contributed by atoms with Gasteiger partial charge in [-0.25, -0.2) is 8.78 Å². The van der Waals surface area contributed by atoms with Gasteiger partial charge in [0.25, 0.3) is 5.95 Å². The zero-order chi connectivity index (χ0) is 7.72. The van der Waals surface area contributed by atoms with Crippen molar-refractivity contribution in [3.63, 3.8) is 0 Å². The highest BCUT2D eigenvalue weighted by molar-refractivity contribution is 5.28. The van der Waals surface area contributed by atoms with Crippen LogP contribution in [-0.4, -0.2) is 4.98 Å². The molecule has 1 rings (SSSR count). The van der Waals surface area contributed by atoms with E-state index in [1.165, 1.54) is 6.07 Å². The molecule has 0 aliphatic heterocycles. The molecule has 0 aromatic carbocycles. The minimum atomic E-state index is -1.47. The molecule has 0 saturated carbocycles. The molecular weight excluding hydrogens is 145 g/mol. The summed E-state index contributed by atoms with van der Waals surface area (Å²) in [5, 5.41) is 0. The van der Waals surface area contributed by atoms with Crippen molar-refractivity contribution in [3.05, 3.63) is 23.6 Å². The van der Waals surface area contributed by atoms with E-state index in [4.69, 9.17) is 5.73 Å². The largest absolute Gasteiger partial charge is 0.381 e. The predicted molar refractivity (Wildman–Crippen MR) is 27.4 cm³/mol. The summed E-state index contributed by atoms with van der Waals surface area (Å²) in [7, 11) is 0. The Labute approximate surface area is 54.5 Å². The van der Waals surface area contributed by atoms with Crippen LogP contribution in [0.3, 0.4) is 0 Å². The lowest BCUT2D eigenvalue weighted by Gasteiger charge is -1.93. The first-order valence-electron chi connectivity index (χ1n) is 2.30. The van der Waals surface area contributed by atoms with Gasteiger partial charge in [-0.2, -0.15) is 9.37 Å². The number of rotatable bonds is 0. The second kappa shape index (κ2) is 2.17. The molecule has 0 bridgehead atoms. The minimum Gasteiger partial charge on any atom is -0.381 e. The quantitative estimate of drug-likeness (QED) is 0.553. The van der Waals surface area contributed by atoms with Gasteiger partial charge in [-0.1, -0.05) is 0 Å². The number of anilines is 1. The summed E-state index contributed by atoms with van der Waals surface area (Å²) in [6, 6.07) is 1.41. The van der Waals surface area contributed by atoms with Crippen molar-refractivity contribution in [3.8, 4) is 0 Å². The highest BCUT2D eigenvalue weighted by atomic mass is 19.2. The Morgan fingerprint density at radius 2 is 1.80 bits per heavy atom. The van der Waals surface area contributed by atoms with Crippen LogP contribution in [-0.2, 0) is 0 Å². The number of halogens is 3. The predicted octanol–water partition coefficient (Wildman–Crippen LogP) is 0.881. The van der Waals surface area contributed by atoms with Crippen LogP contribution >= 0.6 is 0 Å². The number of hydrogen-bond acceptors (Lipinski definition) is 2. The van der Waals surface area contributed by atoms with E-state index in [-0.39, 0.29) is 0 Å². The molecule has 0 aliphatic rings. The Kier molecular flexibility index (Phi) is 1.48. The van der Waals surface area contributed by atoms with Crippen LogP contribution in [0.25, 0.3) is 0 Å². The molecule has 2 nitrogen and oxygen atoms in total. The second-order valence-electron chi connectivity index (χ2n) is 1.54. The summed E-state index contributed by atoms with van der Waals surface area (Å²) in [4.78, 5) is 2.70. The molecule has 0 unspecified atom stereocenters. The van der Waals surface area contributed by atoms with Gasteiger partial charge in [-0.05, 0) is 0 Å². The third kappa shape index (κ3) is 1.02. The highest BCUT2D eigenvalue weighted by Crippen LogP contribution is 2.09. The monoisotopic (exact) mass is 147 g/mol. The SMILES string of the molecule is Nc1nc(F)c(F)[c]c1F. The van der Waals surface area contributed by atoms with Gasteiger partial charge in [0.05, 0.1) is 6.07 Å². The molecule has 0 spiro atoms. The third-order valence-electron chi connectivity index (χ3n) is 0.844. The van der Waals surface area contributed by atoms with Gasteiger partial charge in [-0.3, -0.25) is 0 Å². The van der Waals surface area contributed by atoms with Gasteiger partial charge in [0.2, 0.25) is 0 Å². The highest BCUT2D eigenvalue weighted by Gasteiger charge is 2.08. The van der Waals surface area contributed by atoms with Crippen molar-refractivity contribution >= 4 is 5.82 Å². The Balaban J connectivity index is 3.28. The third-order valence-corrected chi connectivity index (χ3v) is 0.844. The maximum absolute atomic E-state index is 12.1. The number of pyridine rings is 1. The minimum absolute atomic E-state index is 0.695. The fourth-order valence-corrected chi connectivity index (χ4v) is 0.416. The lowest BCUT2D eigenvalue weighted by molar-refractivity contribution is 0.465. The molecule has 1 radical (unpaired) electrons. The van der Waals surface area contributed by atoms with E-state index in [2.05, 4.69) is 4.98 Å². The lowest BCUT2D eigenvalue weighted by atomic mass is 10.4. The maximum Gasteiger partial charge on any atom is 0.251 e. The van der Waals surface area contributed by atoms with E-state index >= 15 is 0 Å². The molecule has 0 aliphatic carbocycles. The first kappa shape index (κ1) is 6.85. The molecule has 53 valence electrons. The summed E-state index contributed by atoms with van der Waals surface area (Å²) >= 11 is 0. The first-order chi connectivity index (χ1) is 4.61. The van der Waals surface area contributed by atoms with Crippen LogP contribution in [0.4, 0.5) is 19.0 Å². The van der Waals surface area contributed by atoms with Crippen LogP contribution in [0, 0.1) is 23.6 Å². The summed E-state index contributed by atoms with van der Waals surface area (Å²) in [5.74, 6) is -4.79. The van der Waals surface area contributed by atoms with Crippen molar-refractivity contribution in [2.75, 3.05) is 5.73 Å². The maximum atomic E-state index is 12.1. The Morgan fingerprint density at radius 1 is 1.20 bits per heavy atom. The van der Waals surface area contributed by atoms with Crippen molar-refractivity contribution < 1.29 is 13.2 Å². The van der Waals surface area contributed by atoms with Crippen LogP contribution in [0.2, 0.25) is 0 Å². The molecule has 1 heterocycles. The number of nitrogens with two attached hydrogens (primary N) is 1. The molecule has 0 saturated heterocycles. The van der Waals surface area contributed by atoms with Crippen molar-refractivity contribution in [2.45, 2.75) is 0 Å². The summed E-state index contributed by atoms with van der Waals surface area (Å²) in [6.45, 7) is 0. The smallest absolute Gasteiger partial charge is 0.251 e. The summed E-state index contributed by atoms with van der Waals surface area (Å²) in [6.07, 6.45) is 0. The molecule has 0 amide bonds. The van der Waals surface area contributed by atoms with E-state index in [0.717, 1.165) is 0 Å². The summed E-state index contributed by atoms with van der Waals surface area (Å²) in [5.41, 5.74) is 4.77. The van der Waals surface area contributed by atoms with Gasteiger partial charge in [0.1, 0.15) is 0 Å². The van der Waals surface area contributed by atoms with Crippen molar-refractivity contribution in [1.82, 2.24) is 4.98 Å². The Morgan fingerprint density at radius 3 is 2.30 bits per heavy atom. The fourth-order valence-electron chi connectivity index (χ4n) is 0.416. The normalized spacial score (nSPS) is 9.90. The second-order valence-corrected chi connectivity index (χ2v) is 1.54. The van der Waals surface area contributed by atoms with Crippen molar-refractivity contribution in [2.24, 2.45) is 0 Å². The average molecular weight is 147 g/mol. The topological polar surface area (TPSA) is 38.9 Å². The number of nitrogens with zero attached hydrogens (tertiary/aromatic N) is 1. The van der Waals surface area contributed by atoms with E-state index in [0.29, 0.717) is 0 Å². The molecule has 1 aromatic heterocycles. The van der Waals surface area contributed by atoms with E-state index in [1.807, 2.05) is 0 Å². The van der Waals surface area contributed by atoms with Gasteiger partial charge >= 0.3 is 0 Å². The molecule has 0 atom stereocenters. The van der Waals surface area contributed by atoms with Crippen LogP contribution in [0.1, 0.15) is 0 Å². The fraction of sp³-hybridized carbons (Fsp3) is 0. The Hall–Kier alpha value is -1.26. The number of nitrogen functional groups attached to an aromatic ring is 1. The van der Waals surface area contributed by atoms with E-state index < -0.39 is 23.4 Å². The zero-order valence-electron chi connectivity index (χ0n) is 4.66. The van der Waals surface area contributed by atoms with Crippen LogP contribution in [0.15, 0.2) is 0 Å². The molecule has 0 fully saturated rings. The lowest BCUT2D eigenvalue weighted by Crippen LogP contribution is -2.00. The molecule has 5 heteroatoms. The first-order valence-corrected chi connectivity index (χ1v) is 2.30. The number of aromatic nitrogens is 1. The van der Waals surface area contributed by atoms with Gasteiger partial charge in [0.15, 0.2) is 17.5 Å². The van der Waals surface area contributed by atoms with E-state index in [1.54, 1.807) is 0 Å². The van der Waals surface area contributed by atoms with Crippen LogP contribution in [0.5, 0.6) is 0 Å². The molecular formula is C5H2F3N2. The van der Waals surface area contributed by atoms with Gasteiger partial charge in [-0.15, -0.1) is 0 Å². The summed E-state index contributed by atoms with van der Waals surface area (Å²) < 4.78 is 36.1. The molecule has 10 heavy (non-hydrogen) atoms. The van der Waals surface area contributed by atoms with Crippen molar-refractivity contribution in [1.29, 1.82) is 0 Å². The molecule has 2 N–H and O–H groups in total.